The molecular weight excluding hydrogens is 296 g/mol. The summed E-state index contributed by atoms with van der Waals surface area (Å²) in [6.07, 6.45) is 3.12. The van der Waals surface area contributed by atoms with Crippen molar-refractivity contribution in [1.82, 2.24) is 9.97 Å². The molecule has 0 bridgehead atoms. The van der Waals surface area contributed by atoms with Crippen LogP contribution >= 0.6 is 21.6 Å². The number of carbonyl (C=O) groups excluding carboxylic acids is 2. The monoisotopic (exact) mass is 306 g/mol. The molecule has 2 amide bonds. The second kappa shape index (κ2) is 6.40. The first kappa shape index (κ1) is 14.4. The van der Waals surface area contributed by atoms with Gasteiger partial charge in [-0.05, 0) is 45.9 Å². The molecule has 6 nitrogen and oxygen atoms in total. The number of hydrogen-bond donors (Lipinski definition) is 2. The van der Waals surface area contributed by atoms with Gasteiger partial charge in [-0.1, -0.05) is 0 Å². The standard InChI is InChI=1S/C12H10N4O2S2/c13-9(17)7-3-1-5-15-11(7)19-20-12-8(10(14)18)4-2-6-16-12/h1-6H,(H2,13,17)(H2,14,18). The molecule has 0 unspecified atom stereocenters. The number of amides is 2. The zero-order chi connectivity index (χ0) is 14.5. The van der Waals surface area contributed by atoms with Crippen LogP contribution in [0.3, 0.4) is 0 Å². The lowest BCUT2D eigenvalue weighted by Crippen LogP contribution is -2.13. The molecule has 102 valence electrons. The van der Waals surface area contributed by atoms with Gasteiger partial charge in [0.25, 0.3) is 11.8 Å². The highest BCUT2D eigenvalue weighted by Crippen LogP contribution is 2.37. The Morgan fingerprint density at radius 2 is 1.25 bits per heavy atom. The number of aromatic nitrogens is 2. The Hall–Kier alpha value is -2.06. The van der Waals surface area contributed by atoms with Crippen molar-refractivity contribution in [2.24, 2.45) is 11.5 Å². The van der Waals surface area contributed by atoms with Gasteiger partial charge in [-0.15, -0.1) is 0 Å². The summed E-state index contributed by atoms with van der Waals surface area (Å²) in [5.41, 5.74) is 11.2. The fourth-order valence-electron chi connectivity index (χ4n) is 1.37. The Balaban J connectivity index is 2.22. The molecule has 0 fully saturated rings. The molecule has 0 aromatic carbocycles. The normalized spacial score (nSPS) is 10.2. The molecule has 0 aliphatic carbocycles. The number of nitrogens with two attached hydrogens (primary N) is 2. The first-order valence-electron chi connectivity index (χ1n) is 5.43. The maximum Gasteiger partial charge on any atom is 0.251 e. The van der Waals surface area contributed by atoms with E-state index in [2.05, 4.69) is 9.97 Å². The van der Waals surface area contributed by atoms with Crippen molar-refractivity contribution in [3.05, 3.63) is 47.8 Å². The lowest BCUT2D eigenvalue weighted by Gasteiger charge is -2.06. The van der Waals surface area contributed by atoms with Crippen LogP contribution in [0.2, 0.25) is 0 Å². The molecule has 4 N–H and O–H groups in total. The second-order valence-corrected chi connectivity index (χ2v) is 5.71. The minimum absolute atomic E-state index is 0.321. The van der Waals surface area contributed by atoms with Gasteiger partial charge in [0.15, 0.2) is 0 Å². The van der Waals surface area contributed by atoms with Crippen molar-refractivity contribution in [3.63, 3.8) is 0 Å². The fraction of sp³-hybridized carbons (Fsp3) is 0. The Labute approximate surface area is 122 Å². The molecule has 20 heavy (non-hydrogen) atoms. The smallest absolute Gasteiger partial charge is 0.251 e. The van der Waals surface area contributed by atoms with Crippen molar-refractivity contribution in [2.45, 2.75) is 10.1 Å². The molecule has 0 saturated heterocycles. The zero-order valence-corrected chi connectivity index (χ0v) is 11.8. The molecule has 2 rings (SSSR count). The Kier molecular flexibility index (Phi) is 4.59. The summed E-state index contributed by atoms with van der Waals surface area (Å²) in [6.45, 7) is 0. The average Bonchev–Trinajstić information content (AvgIpc) is 2.45. The third-order valence-electron chi connectivity index (χ3n) is 2.27. The van der Waals surface area contributed by atoms with Crippen LogP contribution in [0, 0.1) is 0 Å². The first-order chi connectivity index (χ1) is 9.59. The molecule has 0 radical (unpaired) electrons. The third kappa shape index (κ3) is 3.28. The topological polar surface area (TPSA) is 112 Å². The minimum atomic E-state index is -0.558. The van der Waals surface area contributed by atoms with E-state index in [0.717, 1.165) is 0 Å². The largest absolute Gasteiger partial charge is 0.366 e. The molecule has 0 aliphatic heterocycles. The molecule has 0 spiro atoms. The summed E-state index contributed by atoms with van der Waals surface area (Å²) < 4.78 is 0. The van der Waals surface area contributed by atoms with E-state index in [1.54, 1.807) is 36.7 Å². The molecular formula is C12H10N4O2S2. The van der Waals surface area contributed by atoms with E-state index in [9.17, 15) is 9.59 Å². The molecule has 2 aromatic heterocycles. The summed E-state index contributed by atoms with van der Waals surface area (Å²) in [4.78, 5) is 30.7. The van der Waals surface area contributed by atoms with Gasteiger partial charge in [0.2, 0.25) is 0 Å². The first-order valence-corrected chi connectivity index (χ1v) is 7.58. The van der Waals surface area contributed by atoms with Crippen LogP contribution in [0.25, 0.3) is 0 Å². The predicted octanol–water partition coefficient (Wildman–Crippen LogP) is 1.47. The minimum Gasteiger partial charge on any atom is -0.366 e. The Morgan fingerprint density at radius 1 is 0.850 bits per heavy atom. The van der Waals surface area contributed by atoms with E-state index in [-0.39, 0.29) is 0 Å². The summed E-state index contributed by atoms with van der Waals surface area (Å²) in [7, 11) is 2.39. The van der Waals surface area contributed by atoms with Gasteiger partial charge in [0.05, 0.1) is 11.1 Å². The highest BCUT2D eigenvalue weighted by atomic mass is 33.1. The van der Waals surface area contributed by atoms with Crippen LogP contribution < -0.4 is 11.5 Å². The summed E-state index contributed by atoms with van der Waals surface area (Å²) in [5, 5.41) is 0.928. The van der Waals surface area contributed by atoms with E-state index in [4.69, 9.17) is 11.5 Å². The number of rotatable bonds is 5. The summed E-state index contributed by atoms with van der Waals surface area (Å²) >= 11 is 0. The van der Waals surface area contributed by atoms with Gasteiger partial charge < -0.3 is 11.5 Å². The Morgan fingerprint density at radius 3 is 1.60 bits per heavy atom. The van der Waals surface area contributed by atoms with Gasteiger partial charge in [-0.2, -0.15) is 0 Å². The second-order valence-electron chi connectivity index (χ2n) is 3.61. The highest BCUT2D eigenvalue weighted by molar-refractivity contribution is 8.76. The summed E-state index contributed by atoms with van der Waals surface area (Å²) in [6, 6.07) is 6.44. The van der Waals surface area contributed by atoms with Crippen LogP contribution in [0.5, 0.6) is 0 Å². The van der Waals surface area contributed by atoms with Crippen molar-refractivity contribution in [3.8, 4) is 0 Å². The van der Waals surface area contributed by atoms with Gasteiger partial charge in [-0.3, -0.25) is 9.59 Å². The van der Waals surface area contributed by atoms with E-state index >= 15 is 0 Å². The van der Waals surface area contributed by atoms with E-state index in [1.807, 2.05) is 0 Å². The van der Waals surface area contributed by atoms with Crippen molar-refractivity contribution < 1.29 is 9.59 Å². The lowest BCUT2D eigenvalue weighted by atomic mass is 10.3. The molecule has 8 heteroatoms. The maximum absolute atomic E-state index is 11.3. The number of nitrogens with zero attached hydrogens (tertiary/aromatic N) is 2. The number of carbonyl (C=O) groups is 2. The van der Waals surface area contributed by atoms with Gasteiger partial charge in [0.1, 0.15) is 10.1 Å². The fourth-order valence-corrected chi connectivity index (χ4v) is 3.52. The maximum atomic E-state index is 11.3. The number of primary amides is 2. The van der Waals surface area contributed by atoms with Gasteiger partial charge >= 0.3 is 0 Å². The highest BCUT2D eigenvalue weighted by Gasteiger charge is 2.14. The summed E-state index contributed by atoms with van der Waals surface area (Å²) in [5.74, 6) is -1.12. The predicted molar refractivity (Wildman–Crippen MR) is 77.2 cm³/mol. The number of hydrogen-bond acceptors (Lipinski definition) is 6. The third-order valence-corrected chi connectivity index (χ3v) is 4.52. The molecule has 2 heterocycles. The van der Waals surface area contributed by atoms with Crippen molar-refractivity contribution in [1.29, 1.82) is 0 Å². The lowest BCUT2D eigenvalue weighted by molar-refractivity contribution is 0.0988. The van der Waals surface area contributed by atoms with Crippen LogP contribution in [0.15, 0.2) is 46.7 Å². The molecule has 0 atom stereocenters. The quantitative estimate of drug-likeness (QED) is 0.809. The van der Waals surface area contributed by atoms with Crippen LogP contribution in [-0.2, 0) is 0 Å². The van der Waals surface area contributed by atoms with E-state index in [1.165, 1.54) is 21.6 Å². The molecule has 2 aromatic rings. The average molecular weight is 306 g/mol. The van der Waals surface area contributed by atoms with E-state index < -0.39 is 11.8 Å². The molecule has 0 saturated carbocycles. The zero-order valence-electron chi connectivity index (χ0n) is 10.1. The van der Waals surface area contributed by atoms with Crippen LogP contribution in [0.1, 0.15) is 20.7 Å². The van der Waals surface area contributed by atoms with E-state index in [0.29, 0.717) is 21.2 Å². The number of pyridine rings is 2. The SMILES string of the molecule is NC(=O)c1cccnc1SSc1ncccc1C(N)=O. The molecule has 0 aliphatic rings. The van der Waals surface area contributed by atoms with Crippen molar-refractivity contribution in [2.75, 3.05) is 0 Å². The van der Waals surface area contributed by atoms with Crippen LogP contribution in [0.4, 0.5) is 0 Å². The van der Waals surface area contributed by atoms with Gasteiger partial charge in [-0.25, -0.2) is 9.97 Å². The Bertz CT molecular complexity index is 606. The van der Waals surface area contributed by atoms with Crippen LogP contribution in [-0.4, -0.2) is 21.8 Å². The van der Waals surface area contributed by atoms with Crippen molar-refractivity contribution >= 4 is 33.4 Å². The van der Waals surface area contributed by atoms with Gasteiger partial charge in [0, 0.05) is 12.4 Å².